The molecule has 4 unspecified atom stereocenters. The van der Waals surface area contributed by atoms with Crippen LogP contribution in [0.15, 0.2) is 10.2 Å². The average Bonchev–Trinajstić information content (AvgIpc) is 3.99. The molecule has 1 heterocycles. The van der Waals surface area contributed by atoms with Crippen molar-refractivity contribution in [3.05, 3.63) is 0 Å². The molecule has 1 aliphatic heterocycles. The molecule has 4 amide bonds. The van der Waals surface area contributed by atoms with E-state index in [-0.39, 0.29) is 121 Å². The van der Waals surface area contributed by atoms with Crippen LogP contribution in [0.4, 0.5) is 0 Å². The number of amides is 4. The predicted octanol–water partition coefficient (Wildman–Crippen LogP) is 3.53. The van der Waals surface area contributed by atoms with Crippen LogP contribution in [0, 0.1) is 0 Å². The topological polar surface area (TPSA) is 265 Å². The number of carbonyl (C=O) groups excluding carboxylic acids is 5. The van der Waals surface area contributed by atoms with Gasteiger partial charge in [-0.25, -0.2) is 0 Å². The van der Waals surface area contributed by atoms with Gasteiger partial charge < -0.3 is 60.0 Å². The number of carboxylic acid groups (broad SMARTS) is 1. The lowest BCUT2D eigenvalue weighted by Crippen LogP contribution is -2.37. The van der Waals surface area contributed by atoms with E-state index in [1.807, 2.05) is 0 Å². The Morgan fingerprint density at radius 1 is 0.581 bits per heavy atom. The highest BCUT2D eigenvalue weighted by molar-refractivity contribution is 5.80. The standard InChI is InChI=1S/C43H78N6O13/c1-44-49-36(42-43(57)62-42)18-16-17-23-45-39(53)33-60-30-29-59-27-25-47-40(54)34-61-31-28-58-26-24-46-37(51)22-21-35(32-50)48-38(52)19-14-12-10-8-6-4-2-3-5-7-9-11-13-15-20-41(55)56/h32,35-36,42-43,57H,2-31,33-34H2,1H3,(H,45,53)(H,46,51)(H,47,54)(H,48,52)(H,55,56). The molecule has 19 nitrogen and oxygen atoms in total. The number of aliphatic hydroxyl groups is 1. The van der Waals surface area contributed by atoms with Gasteiger partial charge in [0.1, 0.15) is 31.6 Å². The molecule has 1 saturated heterocycles. The SMILES string of the molecule is CN=NC(CCCCNC(=O)COCCOCCNC(=O)COCCOCCNC(=O)CCC(C=O)NC(=O)CCCCCCCCCCCCCCCCC(=O)O)C1OC1O. The van der Waals surface area contributed by atoms with Crippen molar-refractivity contribution in [2.75, 3.05) is 79.5 Å². The van der Waals surface area contributed by atoms with E-state index in [0.717, 1.165) is 57.8 Å². The number of nitrogens with one attached hydrogen (secondary N) is 4. The van der Waals surface area contributed by atoms with Gasteiger partial charge in [0.25, 0.3) is 0 Å². The fourth-order valence-corrected chi connectivity index (χ4v) is 6.45. The van der Waals surface area contributed by atoms with Crippen LogP contribution in [0.5, 0.6) is 0 Å². The molecule has 0 spiro atoms. The Morgan fingerprint density at radius 2 is 1.05 bits per heavy atom. The molecule has 0 bridgehead atoms. The number of carbonyl (C=O) groups is 6. The summed E-state index contributed by atoms with van der Waals surface area (Å²) < 4.78 is 26.5. The van der Waals surface area contributed by atoms with E-state index >= 15 is 0 Å². The lowest BCUT2D eigenvalue weighted by molar-refractivity contribution is -0.137. The minimum absolute atomic E-state index is 0.0801. The molecule has 62 heavy (non-hydrogen) atoms. The monoisotopic (exact) mass is 887 g/mol. The van der Waals surface area contributed by atoms with Crippen LogP contribution in [-0.4, -0.2) is 150 Å². The molecule has 0 saturated carbocycles. The van der Waals surface area contributed by atoms with Crippen molar-refractivity contribution in [1.29, 1.82) is 0 Å². The summed E-state index contributed by atoms with van der Waals surface area (Å²) >= 11 is 0. The van der Waals surface area contributed by atoms with Crippen LogP contribution in [0.1, 0.15) is 135 Å². The summed E-state index contributed by atoms with van der Waals surface area (Å²) in [6.07, 6.45) is 18.3. The summed E-state index contributed by atoms with van der Waals surface area (Å²) in [5, 5.41) is 36.8. The number of ether oxygens (including phenoxy) is 5. The number of aliphatic hydroxyl groups excluding tert-OH is 1. The number of nitrogens with zero attached hydrogens (tertiary/aromatic N) is 2. The third-order valence-corrected chi connectivity index (χ3v) is 9.98. The first-order valence-electron chi connectivity index (χ1n) is 22.9. The summed E-state index contributed by atoms with van der Waals surface area (Å²) in [4.78, 5) is 70.3. The van der Waals surface area contributed by atoms with Gasteiger partial charge in [0.2, 0.25) is 23.6 Å². The Morgan fingerprint density at radius 3 is 1.53 bits per heavy atom. The van der Waals surface area contributed by atoms with E-state index in [1.54, 1.807) is 7.05 Å². The van der Waals surface area contributed by atoms with E-state index < -0.39 is 18.3 Å². The van der Waals surface area contributed by atoms with Crippen molar-refractivity contribution in [3.63, 3.8) is 0 Å². The number of rotatable bonds is 45. The Balaban J connectivity index is 1.85. The number of carboxylic acids is 1. The summed E-state index contributed by atoms with van der Waals surface area (Å²) in [6, 6.07) is -0.876. The lowest BCUT2D eigenvalue weighted by atomic mass is 10.0. The van der Waals surface area contributed by atoms with Gasteiger partial charge in [-0.15, -0.1) is 0 Å². The van der Waals surface area contributed by atoms with Crippen LogP contribution >= 0.6 is 0 Å². The maximum atomic E-state index is 12.3. The van der Waals surface area contributed by atoms with Crippen molar-refractivity contribution in [3.8, 4) is 0 Å². The Bertz CT molecular complexity index is 1230. The first-order chi connectivity index (χ1) is 30.2. The fourth-order valence-electron chi connectivity index (χ4n) is 6.45. The van der Waals surface area contributed by atoms with Gasteiger partial charge in [-0.2, -0.15) is 10.2 Å². The van der Waals surface area contributed by atoms with Crippen LogP contribution in [0.25, 0.3) is 0 Å². The van der Waals surface area contributed by atoms with E-state index in [0.29, 0.717) is 25.7 Å². The number of aliphatic carboxylic acids is 1. The smallest absolute Gasteiger partial charge is 0.303 e. The summed E-state index contributed by atoms with van der Waals surface area (Å²) in [6.45, 7) is 2.29. The zero-order chi connectivity index (χ0) is 45.3. The molecule has 1 aliphatic rings. The highest BCUT2D eigenvalue weighted by Gasteiger charge is 2.43. The third kappa shape index (κ3) is 35.9. The number of aldehydes is 1. The second-order valence-corrected chi connectivity index (χ2v) is 15.4. The van der Waals surface area contributed by atoms with Gasteiger partial charge in [0.15, 0.2) is 6.29 Å². The van der Waals surface area contributed by atoms with Crippen molar-refractivity contribution < 1.29 is 62.7 Å². The van der Waals surface area contributed by atoms with E-state index in [4.69, 9.17) is 28.8 Å². The molecule has 19 heteroatoms. The fraction of sp³-hybridized carbons (Fsp3) is 0.860. The molecule has 1 fully saturated rings. The van der Waals surface area contributed by atoms with Gasteiger partial charge in [0, 0.05) is 45.9 Å². The van der Waals surface area contributed by atoms with Crippen LogP contribution in [0.2, 0.25) is 0 Å². The van der Waals surface area contributed by atoms with Gasteiger partial charge in [-0.05, 0) is 38.5 Å². The first kappa shape index (κ1) is 56.4. The van der Waals surface area contributed by atoms with Gasteiger partial charge in [-0.1, -0.05) is 77.0 Å². The zero-order valence-corrected chi connectivity index (χ0v) is 37.3. The van der Waals surface area contributed by atoms with E-state index in [1.165, 1.54) is 44.9 Å². The van der Waals surface area contributed by atoms with Crippen LogP contribution < -0.4 is 21.3 Å². The summed E-state index contributed by atoms with van der Waals surface area (Å²) in [5.41, 5.74) is 0. The van der Waals surface area contributed by atoms with Gasteiger partial charge in [-0.3, -0.25) is 24.0 Å². The molecule has 4 atom stereocenters. The van der Waals surface area contributed by atoms with Gasteiger partial charge in [0.05, 0.1) is 45.7 Å². The zero-order valence-electron chi connectivity index (χ0n) is 37.3. The van der Waals surface area contributed by atoms with Gasteiger partial charge >= 0.3 is 5.97 Å². The second kappa shape index (κ2) is 40.2. The maximum Gasteiger partial charge on any atom is 0.303 e. The number of hydrogen-bond donors (Lipinski definition) is 6. The molecule has 0 aromatic carbocycles. The summed E-state index contributed by atoms with van der Waals surface area (Å²) in [7, 11) is 1.58. The number of epoxide rings is 1. The Labute approximate surface area is 368 Å². The normalized spacial score (nSPS) is 15.5. The molecule has 6 N–H and O–H groups in total. The average molecular weight is 887 g/mol. The van der Waals surface area contributed by atoms with E-state index in [2.05, 4.69) is 31.5 Å². The molecule has 0 radical (unpaired) electrons. The number of azo groups is 1. The number of hydrogen-bond acceptors (Lipinski definition) is 14. The minimum atomic E-state index is -0.763. The third-order valence-electron chi connectivity index (χ3n) is 9.98. The summed E-state index contributed by atoms with van der Waals surface area (Å²) in [5.74, 6) is -1.66. The Hall–Kier alpha value is -3.62. The first-order valence-corrected chi connectivity index (χ1v) is 22.9. The van der Waals surface area contributed by atoms with Crippen LogP contribution in [0.3, 0.4) is 0 Å². The lowest BCUT2D eigenvalue weighted by Gasteiger charge is -2.13. The van der Waals surface area contributed by atoms with Crippen molar-refractivity contribution in [2.45, 2.75) is 159 Å². The van der Waals surface area contributed by atoms with Crippen molar-refractivity contribution >= 4 is 35.9 Å². The van der Waals surface area contributed by atoms with Crippen LogP contribution in [-0.2, 0) is 52.5 Å². The minimum Gasteiger partial charge on any atom is -0.481 e. The second-order valence-electron chi connectivity index (χ2n) is 15.4. The molecule has 358 valence electrons. The van der Waals surface area contributed by atoms with Crippen molar-refractivity contribution in [1.82, 2.24) is 21.3 Å². The maximum absolute atomic E-state index is 12.3. The number of unbranched alkanes of at least 4 members (excludes halogenated alkanes) is 14. The molecule has 0 aromatic heterocycles. The highest BCUT2D eigenvalue weighted by atomic mass is 16.7. The highest BCUT2D eigenvalue weighted by Crippen LogP contribution is 2.28. The molecule has 1 rings (SSSR count). The Kier molecular flexibility index (Phi) is 36.5. The quantitative estimate of drug-likeness (QED) is 0.0222. The van der Waals surface area contributed by atoms with E-state index in [9.17, 15) is 33.9 Å². The van der Waals surface area contributed by atoms with Crippen molar-refractivity contribution in [2.24, 2.45) is 10.2 Å². The largest absolute Gasteiger partial charge is 0.481 e. The molecular formula is C43H78N6O13. The molecule has 0 aromatic rings. The molecular weight excluding hydrogens is 809 g/mol. The predicted molar refractivity (Wildman–Crippen MR) is 230 cm³/mol. The molecule has 0 aliphatic carbocycles.